The predicted molar refractivity (Wildman–Crippen MR) is 111 cm³/mol. The number of carboxylic acids is 1. The molecule has 0 fully saturated rings. The smallest absolute Gasteiger partial charge is 0.408 e. The molecule has 2 aromatic rings. The summed E-state index contributed by atoms with van der Waals surface area (Å²) in [7, 11) is 0. The van der Waals surface area contributed by atoms with Crippen LogP contribution in [0.4, 0.5) is 4.79 Å². The van der Waals surface area contributed by atoms with Gasteiger partial charge >= 0.3 is 12.1 Å². The third kappa shape index (κ3) is 5.63. The molecule has 2 aromatic carbocycles. The molecular weight excluding hydrogens is 401 g/mol. The minimum Gasteiger partial charge on any atom is -0.481 e. The van der Waals surface area contributed by atoms with Crippen molar-refractivity contribution >= 4 is 35.3 Å². The van der Waals surface area contributed by atoms with Gasteiger partial charge in [0.25, 0.3) is 0 Å². The van der Waals surface area contributed by atoms with Crippen molar-refractivity contribution in [3.8, 4) is 11.1 Å². The molecule has 0 aliphatic carbocycles. The lowest BCUT2D eigenvalue weighted by atomic mass is 9.86. The van der Waals surface area contributed by atoms with Gasteiger partial charge in [-0.3, -0.25) is 4.79 Å². The maximum atomic E-state index is 12.4. The van der Waals surface area contributed by atoms with Crippen LogP contribution in [0.2, 0.25) is 10.0 Å². The summed E-state index contributed by atoms with van der Waals surface area (Å²) in [5.41, 5.74) is -0.0565. The number of hydrogen-bond acceptors (Lipinski definition) is 3. The fourth-order valence-corrected chi connectivity index (χ4v) is 3.51. The summed E-state index contributed by atoms with van der Waals surface area (Å²) in [6, 6.07) is 12.4. The molecule has 0 bridgehead atoms. The van der Waals surface area contributed by atoms with E-state index in [2.05, 4.69) is 5.32 Å². The number of aliphatic carboxylic acids is 1. The van der Waals surface area contributed by atoms with E-state index in [0.717, 1.165) is 5.56 Å². The van der Waals surface area contributed by atoms with Gasteiger partial charge in [0, 0.05) is 10.6 Å². The molecule has 0 saturated heterocycles. The lowest BCUT2D eigenvalue weighted by Crippen LogP contribution is -2.47. The standard InChI is InChI=1S/C21H23Cl2NO4/c1-20(2,3)28-19(27)24-21(4,12-17(25)26)16-10-6-9-15(18(16)23)13-7-5-8-14(22)11-13/h5-11H,12H2,1-4H3,(H,24,27)(H,25,26). The molecule has 2 N–H and O–H groups in total. The molecule has 28 heavy (non-hydrogen) atoms. The molecule has 0 saturated carbocycles. The number of rotatable bonds is 5. The number of nitrogens with one attached hydrogen (secondary N) is 1. The number of amides is 1. The van der Waals surface area contributed by atoms with E-state index in [1.807, 2.05) is 12.1 Å². The summed E-state index contributed by atoms with van der Waals surface area (Å²) in [6.07, 6.45) is -1.09. The quantitative estimate of drug-likeness (QED) is 0.629. The number of alkyl carbamates (subject to hydrolysis) is 1. The number of benzene rings is 2. The maximum Gasteiger partial charge on any atom is 0.408 e. The second kappa shape index (κ2) is 8.41. The van der Waals surface area contributed by atoms with Crippen molar-refractivity contribution < 1.29 is 19.4 Å². The van der Waals surface area contributed by atoms with Crippen molar-refractivity contribution in [3.63, 3.8) is 0 Å². The number of hydrogen-bond donors (Lipinski definition) is 2. The highest BCUT2D eigenvalue weighted by Gasteiger charge is 2.35. The van der Waals surface area contributed by atoms with E-state index >= 15 is 0 Å². The highest BCUT2D eigenvalue weighted by atomic mass is 35.5. The summed E-state index contributed by atoms with van der Waals surface area (Å²) in [5, 5.41) is 13.0. The van der Waals surface area contributed by atoms with Crippen molar-refractivity contribution in [2.75, 3.05) is 0 Å². The number of carboxylic acid groups (broad SMARTS) is 1. The Morgan fingerprint density at radius 3 is 2.29 bits per heavy atom. The van der Waals surface area contributed by atoms with Crippen LogP contribution in [-0.4, -0.2) is 22.8 Å². The zero-order valence-electron chi connectivity index (χ0n) is 16.2. The first kappa shape index (κ1) is 22.1. The van der Waals surface area contributed by atoms with E-state index in [9.17, 15) is 14.7 Å². The van der Waals surface area contributed by atoms with E-state index in [4.69, 9.17) is 27.9 Å². The van der Waals surface area contributed by atoms with E-state index in [1.165, 1.54) is 0 Å². The average Bonchev–Trinajstić information content (AvgIpc) is 2.51. The van der Waals surface area contributed by atoms with Crippen LogP contribution in [0.3, 0.4) is 0 Å². The second-order valence-electron chi connectivity index (χ2n) is 7.71. The zero-order valence-corrected chi connectivity index (χ0v) is 17.7. The van der Waals surface area contributed by atoms with Crippen LogP contribution < -0.4 is 5.32 Å². The van der Waals surface area contributed by atoms with Gasteiger partial charge in [-0.1, -0.05) is 53.5 Å². The number of halogens is 2. The molecule has 5 nitrogen and oxygen atoms in total. The summed E-state index contributed by atoms with van der Waals surface area (Å²) < 4.78 is 5.30. The van der Waals surface area contributed by atoms with Crippen molar-refractivity contribution in [1.29, 1.82) is 0 Å². The first-order valence-electron chi connectivity index (χ1n) is 8.69. The molecule has 0 spiro atoms. The summed E-state index contributed by atoms with van der Waals surface area (Å²) in [5.74, 6) is -1.08. The van der Waals surface area contributed by atoms with Gasteiger partial charge in [0.05, 0.1) is 17.0 Å². The highest BCUT2D eigenvalue weighted by Crippen LogP contribution is 2.38. The van der Waals surface area contributed by atoms with Gasteiger partial charge in [0.2, 0.25) is 0 Å². The molecule has 2 rings (SSSR count). The average molecular weight is 424 g/mol. The third-order valence-electron chi connectivity index (χ3n) is 4.01. The van der Waals surface area contributed by atoms with E-state index in [-0.39, 0.29) is 6.42 Å². The number of carbonyl (C=O) groups is 2. The largest absolute Gasteiger partial charge is 0.481 e. The molecule has 0 heterocycles. The zero-order chi connectivity index (χ0) is 21.1. The fraction of sp³-hybridized carbons (Fsp3) is 0.333. The van der Waals surface area contributed by atoms with Crippen molar-refractivity contribution in [2.24, 2.45) is 0 Å². The van der Waals surface area contributed by atoms with Crippen molar-refractivity contribution in [3.05, 3.63) is 58.1 Å². The molecule has 0 radical (unpaired) electrons. The molecule has 0 aliphatic rings. The van der Waals surface area contributed by atoms with Gasteiger partial charge in [0.15, 0.2) is 0 Å². The maximum absolute atomic E-state index is 12.4. The first-order chi connectivity index (χ1) is 12.9. The molecule has 150 valence electrons. The van der Waals surface area contributed by atoms with E-state index < -0.39 is 23.2 Å². The van der Waals surface area contributed by atoms with Crippen LogP contribution in [0.15, 0.2) is 42.5 Å². The Morgan fingerprint density at radius 1 is 1.07 bits per heavy atom. The van der Waals surface area contributed by atoms with Gasteiger partial charge in [-0.15, -0.1) is 0 Å². The summed E-state index contributed by atoms with van der Waals surface area (Å²) in [6.45, 7) is 6.80. The molecular formula is C21H23Cl2NO4. The van der Waals surface area contributed by atoms with Crippen molar-refractivity contribution in [2.45, 2.75) is 45.3 Å². The molecule has 1 amide bonds. The van der Waals surface area contributed by atoms with Gasteiger partial charge in [-0.05, 0) is 51.0 Å². The molecule has 1 unspecified atom stereocenters. The van der Waals surface area contributed by atoms with Crippen LogP contribution in [0.5, 0.6) is 0 Å². The molecule has 0 aromatic heterocycles. The van der Waals surface area contributed by atoms with Crippen molar-refractivity contribution in [1.82, 2.24) is 5.32 Å². The van der Waals surface area contributed by atoms with Crippen LogP contribution >= 0.6 is 23.2 Å². The third-order valence-corrected chi connectivity index (χ3v) is 4.65. The Morgan fingerprint density at radius 2 is 1.71 bits per heavy atom. The van der Waals surface area contributed by atoms with E-state index in [1.54, 1.807) is 58.0 Å². The van der Waals surface area contributed by atoms with Crippen LogP contribution in [0.25, 0.3) is 11.1 Å². The normalized spacial score (nSPS) is 13.5. The minimum atomic E-state index is -1.28. The Balaban J connectivity index is 2.50. The van der Waals surface area contributed by atoms with Crippen LogP contribution in [-0.2, 0) is 15.1 Å². The molecule has 1 atom stereocenters. The first-order valence-corrected chi connectivity index (χ1v) is 9.45. The van der Waals surface area contributed by atoms with E-state index in [0.29, 0.717) is 21.2 Å². The van der Waals surface area contributed by atoms with Crippen LogP contribution in [0.1, 0.15) is 39.7 Å². The Labute approximate surface area is 174 Å². The second-order valence-corrected chi connectivity index (χ2v) is 8.52. The summed E-state index contributed by atoms with van der Waals surface area (Å²) in [4.78, 5) is 23.9. The topological polar surface area (TPSA) is 75.6 Å². The monoisotopic (exact) mass is 423 g/mol. The van der Waals surface area contributed by atoms with Gasteiger partial charge < -0.3 is 15.2 Å². The van der Waals surface area contributed by atoms with Gasteiger partial charge in [-0.2, -0.15) is 0 Å². The number of ether oxygens (including phenoxy) is 1. The number of carbonyl (C=O) groups excluding carboxylic acids is 1. The minimum absolute atomic E-state index is 0.338. The molecule has 7 heteroatoms. The Hall–Kier alpha value is -2.24. The Kier molecular flexibility index (Phi) is 6.63. The predicted octanol–water partition coefficient (Wildman–Crippen LogP) is 5.88. The van der Waals surface area contributed by atoms with Crippen LogP contribution in [0, 0.1) is 0 Å². The van der Waals surface area contributed by atoms with Gasteiger partial charge in [-0.25, -0.2) is 4.79 Å². The summed E-state index contributed by atoms with van der Waals surface area (Å²) >= 11 is 12.7. The Bertz CT molecular complexity index is 892. The SMILES string of the molecule is CC(C)(C)OC(=O)NC(C)(CC(=O)O)c1cccc(-c2cccc(Cl)c2)c1Cl. The lowest BCUT2D eigenvalue weighted by Gasteiger charge is -2.32. The lowest BCUT2D eigenvalue weighted by molar-refractivity contribution is -0.138. The fourth-order valence-electron chi connectivity index (χ4n) is 2.88. The molecule has 0 aliphatic heterocycles. The van der Waals surface area contributed by atoms with Gasteiger partial charge in [0.1, 0.15) is 5.60 Å². The highest BCUT2D eigenvalue weighted by molar-refractivity contribution is 6.34.